The third-order valence-electron chi connectivity index (χ3n) is 3.59. The molecule has 1 heteroatoms. The Labute approximate surface area is 116 Å². The predicted molar refractivity (Wildman–Crippen MR) is 84.8 cm³/mol. The third kappa shape index (κ3) is 3.66. The first-order valence-corrected chi connectivity index (χ1v) is 7.25. The van der Waals surface area contributed by atoms with E-state index in [2.05, 4.69) is 61.5 Å². The Morgan fingerprint density at radius 3 is 2.84 bits per heavy atom. The Hall–Kier alpha value is -1.63. The number of aliphatic imine (C=N–C) groups is 1. The van der Waals surface area contributed by atoms with Gasteiger partial charge in [-0.1, -0.05) is 49.8 Å². The van der Waals surface area contributed by atoms with Crippen molar-refractivity contribution in [3.05, 3.63) is 53.1 Å². The lowest BCUT2D eigenvalue weighted by molar-refractivity contribution is 0.809. The van der Waals surface area contributed by atoms with Crippen LogP contribution >= 0.6 is 0 Å². The minimum atomic E-state index is 0.941. The van der Waals surface area contributed by atoms with Gasteiger partial charge in [0.2, 0.25) is 0 Å². The largest absolute Gasteiger partial charge is 0.297 e. The van der Waals surface area contributed by atoms with Gasteiger partial charge in [-0.25, -0.2) is 0 Å². The Kier molecular flexibility index (Phi) is 5.14. The molecule has 0 spiro atoms. The van der Waals surface area contributed by atoms with Crippen LogP contribution in [0.4, 0.5) is 0 Å². The summed E-state index contributed by atoms with van der Waals surface area (Å²) in [6, 6.07) is 8.71. The zero-order chi connectivity index (χ0) is 13.5. The van der Waals surface area contributed by atoms with Crippen molar-refractivity contribution in [2.45, 2.75) is 39.5 Å². The molecule has 0 atom stereocenters. The standard InChI is InChI=1S/C18H23N/c1-3-4-13-19-14-12-16-9-5-6-10-18(16)17-11-7-8-15(17)2/h5-10,14H,3-4,11-13H2,1-2H3. The number of hydrogen-bond acceptors (Lipinski definition) is 1. The first-order valence-electron chi connectivity index (χ1n) is 7.25. The fourth-order valence-corrected chi connectivity index (χ4v) is 2.43. The van der Waals surface area contributed by atoms with Gasteiger partial charge in [0.25, 0.3) is 0 Å². The first kappa shape index (κ1) is 13.8. The molecule has 1 aromatic carbocycles. The summed E-state index contributed by atoms with van der Waals surface area (Å²) in [4.78, 5) is 4.49. The van der Waals surface area contributed by atoms with Gasteiger partial charge in [0.15, 0.2) is 0 Å². The zero-order valence-electron chi connectivity index (χ0n) is 12.0. The van der Waals surface area contributed by atoms with Crippen LogP contribution in [0.1, 0.15) is 44.2 Å². The van der Waals surface area contributed by atoms with Crippen molar-refractivity contribution in [2.75, 3.05) is 6.54 Å². The molecule has 0 radical (unpaired) electrons. The molecule has 0 bridgehead atoms. The van der Waals surface area contributed by atoms with Crippen LogP contribution in [0, 0.1) is 0 Å². The zero-order valence-corrected chi connectivity index (χ0v) is 12.0. The monoisotopic (exact) mass is 253 g/mol. The molecule has 0 amide bonds. The quantitative estimate of drug-likeness (QED) is 0.508. The fraction of sp³-hybridized carbons (Fsp3) is 0.389. The van der Waals surface area contributed by atoms with Crippen LogP contribution in [0.25, 0.3) is 5.57 Å². The van der Waals surface area contributed by atoms with Gasteiger partial charge in [0, 0.05) is 19.2 Å². The average molecular weight is 253 g/mol. The van der Waals surface area contributed by atoms with Crippen LogP contribution in [0.2, 0.25) is 0 Å². The summed E-state index contributed by atoms with van der Waals surface area (Å²) in [6.07, 6.45) is 11.0. The molecule has 2 rings (SSSR count). The second-order valence-corrected chi connectivity index (χ2v) is 5.07. The lowest BCUT2D eigenvalue weighted by Gasteiger charge is -2.10. The Morgan fingerprint density at radius 1 is 1.26 bits per heavy atom. The molecule has 1 aliphatic rings. The van der Waals surface area contributed by atoms with Crippen molar-refractivity contribution < 1.29 is 0 Å². The Bertz CT molecular complexity index is 506. The summed E-state index contributed by atoms with van der Waals surface area (Å²) < 4.78 is 0. The van der Waals surface area contributed by atoms with E-state index >= 15 is 0 Å². The number of benzene rings is 1. The highest BCUT2D eigenvalue weighted by molar-refractivity contribution is 5.78. The molecule has 0 unspecified atom stereocenters. The number of allylic oxidation sites excluding steroid dienone is 4. The maximum Gasteiger partial charge on any atom is 0.0385 e. The van der Waals surface area contributed by atoms with Crippen molar-refractivity contribution >= 4 is 11.8 Å². The summed E-state index contributed by atoms with van der Waals surface area (Å²) in [5, 5.41) is 0. The fourth-order valence-electron chi connectivity index (χ4n) is 2.43. The van der Waals surface area contributed by atoms with Gasteiger partial charge < -0.3 is 0 Å². The number of nitrogens with zero attached hydrogens (tertiary/aromatic N) is 1. The lowest BCUT2D eigenvalue weighted by Crippen LogP contribution is -1.95. The van der Waals surface area contributed by atoms with Crippen molar-refractivity contribution in [2.24, 2.45) is 4.99 Å². The van der Waals surface area contributed by atoms with Crippen molar-refractivity contribution in [1.82, 2.24) is 0 Å². The van der Waals surface area contributed by atoms with Gasteiger partial charge in [-0.2, -0.15) is 0 Å². The van der Waals surface area contributed by atoms with Crippen molar-refractivity contribution in [3.8, 4) is 0 Å². The molecule has 1 aromatic rings. The smallest absolute Gasteiger partial charge is 0.0385 e. The SMILES string of the molecule is CCCCN=CCc1ccccc1C1=C(C)C=CC1. The molecule has 1 nitrogen and oxygen atoms in total. The minimum absolute atomic E-state index is 0.941. The predicted octanol–water partition coefficient (Wildman–Crippen LogP) is 4.83. The van der Waals surface area contributed by atoms with Crippen molar-refractivity contribution in [3.63, 3.8) is 0 Å². The molecule has 0 saturated carbocycles. The summed E-state index contributed by atoms with van der Waals surface area (Å²) in [7, 11) is 0. The van der Waals surface area contributed by atoms with Gasteiger partial charge in [0.05, 0.1) is 0 Å². The van der Waals surface area contributed by atoms with Gasteiger partial charge in [-0.15, -0.1) is 0 Å². The average Bonchev–Trinajstić information content (AvgIpc) is 2.85. The molecular weight excluding hydrogens is 230 g/mol. The van der Waals surface area contributed by atoms with Gasteiger partial charge in [-0.05, 0) is 42.0 Å². The van der Waals surface area contributed by atoms with Gasteiger partial charge in [0.1, 0.15) is 0 Å². The van der Waals surface area contributed by atoms with E-state index in [0.29, 0.717) is 0 Å². The summed E-state index contributed by atoms with van der Waals surface area (Å²) in [5.41, 5.74) is 5.65. The van der Waals surface area contributed by atoms with E-state index in [1.54, 1.807) is 0 Å². The lowest BCUT2D eigenvalue weighted by atomic mass is 9.95. The molecular formula is C18H23N. The molecule has 0 N–H and O–H groups in total. The van der Waals surface area contributed by atoms with Crippen LogP contribution in [-0.2, 0) is 6.42 Å². The number of hydrogen-bond donors (Lipinski definition) is 0. The summed E-state index contributed by atoms with van der Waals surface area (Å²) in [5.74, 6) is 0. The minimum Gasteiger partial charge on any atom is -0.297 e. The van der Waals surface area contributed by atoms with Gasteiger partial charge in [-0.3, -0.25) is 4.99 Å². The Morgan fingerprint density at radius 2 is 2.11 bits per heavy atom. The van der Waals surface area contributed by atoms with Crippen LogP contribution < -0.4 is 0 Å². The molecule has 100 valence electrons. The molecule has 19 heavy (non-hydrogen) atoms. The van der Waals surface area contributed by atoms with E-state index in [9.17, 15) is 0 Å². The molecule has 0 fully saturated rings. The van der Waals surface area contributed by atoms with E-state index in [1.165, 1.54) is 35.1 Å². The molecule has 0 saturated heterocycles. The van der Waals surface area contributed by atoms with E-state index in [-0.39, 0.29) is 0 Å². The maximum absolute atomic E-state index is 4.49. The molecule has 0 aromatic heterocycles. The topological polar surface area (TPSA) is 12.4 Å². The highest BCUT2D eigenvalue weighted by Gasteiger charge is 2.10. The van der Waals surface area contributed by atoms with Crippen LogP contribution in [-0.4, -0.2) is 12.8 Å². The second kappa shape index (κ2) is 7.08. The number of unbranched alkanes of at least 4 members (excludes halogenated alkanes) is 1. The van der Waals surface area contributed by atoms with E-state index in [4.69, 9.17) is 0 Å². The van der Waals surface area contributed by atoms with Crippen LogP contribution in [0.3, 0.4) is 0 Å². The highest BCUT2D eigenvalue weighted by Crippen LogP contribution is 2.30. The van der Waals surface area contributed by atoms with Gasteiger partial charge >= 0.3 is 0 Å². The number of rotatable bonds is 6. The van der Waals surface area contributed by atoms with E-state index in [0.717, 1.165) is 19.4 Å². The summed E-state index contributed by atoms with van der Waals surface area (Å²) in [6.45, 7) is 5.36. The third-order valence-corrected chi connectivity index (χ3v) is 3.59. The molecule has 0 aliphatic heterocycles. The van der Waals surface area contributed by atoms with Crippen LogP contribution in [0.15, 0.2) is 47.0 Å². The van der Waals surface area contributed by atoms with Crippen molar-refractivity contribution in [1.29, 1.82) is 0 Å². The van der Waals surface area contributed by atoms with E-state index < -0.39 is 0 Å². The molecule has 0 heterocycles. The first-order chi connectivity index (χ1) is 9.33. The second-order valence-electron chi connectivity index (χ2n) is 5.07. The Balaban J connectivity index is 2.09. The normalized spacial score (nSPS) is 14.8. The van der Waals surface area contributed by atoms with Crippen LogP contribution in [0.5, 0.6) is 0 Å². The van der Waals surface area contributed by atoms with E-state index in [1.807, 2.05) is 0 Å². The summed E-state index contributed by atoms with van der Waals surface area (Å²) >= 11 is 0. The maximum atomic E-state index is 4.49. The highest BCUT2D eigenvalue weighted by atomic mass is 14.7. The molecule has 1 aliphatic carbocycles.